The number of nitrogens with one attached hydrogen (secondary N) is 2. The van der Waals surface area contributed by atoms with Crippen LogP contribution in [0.15, 0.2) is 30.5 Å². The number of carbonyl (C=O) groups excluding carboxylic acids is 2. The van der Waals surface area contributed by atoms with E-state index in [-0.39, 0.29) is 29.6 Å². The van der Waals surface area contributed by atoms with Crippen molar-refractivity contribution < 1.29 is 14.0 Å². The molecule has 2 N–H and O–H groups in total. The minimum atomic E-state index is -0.333. The molecule has 0 unspecified atom stereocenters. The summed E-state index contributed by atoms with van der Waals surface area (Å²) in [4.78, 5) is 26.7. The molecule has 0 saturated carbocycles. The average Bonchev–Trinajstić information content (AvgIpc) is 3.22. The molecule has 2 saturated heterocycles. The van der Waals surface area contributed by atoms with Crippen LogP contribution in [0.2, 0.25) is 0 Å². The predicted molar refractivity (Wildman–Crippen MR) is 84.5 cm³/mol. The number of aromatic nitrogens is 2. The van der Waals surface area contributed by atoms with Crippen LogP contribution in [0, 0.1) is 11.7 Å². The largest absolute Gasteiger partial charge is 0.354 e. The molecule has 6 nitrogen and oxygen atoms in total. The van der Waals surface area contributed by atoms with Crippen molar-refractivity contribution in [3.63, 3.8) is 0 Å². The van der Waals surface area contributed by atoms with Crippen molar-refractivity contribution in [2.24, 2.45) is 5.92 Å². The second-order valence-electron chi connectivity index (χ2n) is 6.23. The zero-order valence-corrected chi connectivity index (χ0v) is 13.0. The Morgan fingerprint density at radius 1 is 1.29 bits per heavy atom. The number of aromatic amines is 1. The standard InChI is InChI=1S/C17H17FN4O2/c18-11-5-3-10(4-6-11)15-13(8-20-21-15)17(24)22-7-1-2-12-14(22)9-19-16(12)23/h3-6,8,12,14H,1-2,7,9H2,(H,19,23)(H,20,21)/t12-,14-/m1/s1. The first kappa shape index (κ1) is 14.9. The number of nitrogens with zero attached hydrogens (tertiary/aromatic N) is 2. The van der Waals surface area contributed by atoms with Gasteiger partial charge in [0, 0.05) is 18.7 Å². The minimum Gasteiger partial charge on any atom is -0.354 e. The monoisotopic (exact) mass is 328 g/mol. The van der Waals surface area contributed by atoms with E-state index in [1.807, 2.05) is 0 Å². The average molecular weight is 328 g/mol. The molecule has 0 aliphatic carbocycles. The third-order valence-corrected chi connectivity index (χ3v) is 4.86. The van der Waals surface area contributed by atoms with E-state index in [2.05, 4.69) is 15.5 Å². The highest BCUT2D eigenvalue weighted by Gasteiger charge is 2.43. The Balaban J connectivity index is 1.65. The molecular weight excluding hydrogens is 311 g/mol. The van der Waals surface area contributed by atoms with Crippen molar-refractivity contribution in [1.29, 1.82) is 0 Å². The predicted octanol–water partition coefficient (Wildman–Crippen LogP) is 1.57. The fourth-order valence-electron chi connectivity index (χ4n) is 3.64. The van der Waals surface area contributed by atoms with E-state index in [0.717, 1.165) is 12.8 Å². The lowest BCUT2D eigenvalue weighted by molar-refractivity contribution is -0.123. The third-order valence-electron chi connectivity index (χ3n) is 4.86. The quantitative estimate of drug-likeness (QED) is 0.878. The number of amides is 2. The third kappa shape index (κ3) is 2.36. The van der Waals surface area contributed by atoms with Crippen molar-refractivity contribution in [2.45, 2.75) is 18.9 Å². The van der Waals surface area contributed by atoms with Crippen LogP contribution >= 0.6 is 0 Å². The van der Waals surface area contributed by atoms with Gasteiger partial charge in [-0.3, -0.25) is 14.7 Å². The molecule has 2 fully saturated rings. The van der Waals surface area contributed by atoms with Gasteiger partial charge in [-0.1, -0.05) is 0 Å². The van der Waals surface area contributed by atoms with Crippen molar-refractivity contribution >= 4 is 11.8 Å². The van der Waals surface area contributed by atoms with E-state index in [1.165, 1.54) is 18.3 Å². The molecule has 124 valence electrons. The molecule has 2 amide bonds. The highest BCUT2D eigenvalue weighted by Crippen LogP contribution is 2.30. The number of hydrogen-bond donors (Lipinski definition) is 2. The fraction of sp³-hybridized carbons (Fsp3) is 0.353. The second-order valence-corrected chi connectivity index (χ2v) is 6.23. The number of H-pyrrole nitrogens is 1. The molecule has 0 radical (unpaired) electrons. The van der Waals surface area contributed by atoms with Crippen molar-refractivity contribution in [3.8, 4) is 11.3 Å². The molecule has 2 aliphatic heterocycles. The first-order valence-electron chi connectivity index (χ1n) is 8.03. The van der Waals surface area contributed by atoms with E-state index in [9.17, 15) is 14.0 Å². The number of hydrogen-bond acceptors (Lipinski definition) is 3. The van der Waals surface area contributed by atoms with Crippen molar-refractivity contribution in [1.82, 2.24) is 20.4 Å². The Morgan fingerprint density at radius 3 is 2.88 bits per heavy atom. The normalized spacial score (nSPS) is 23.0. The van der Waals surface area contributed by atoms with Gasteiger partial charge in [-0.05, 0) is 37.1 Å². The molecule has 2 aliphatic rings. The molecule has 2 aromatic rings. The van der Waals surface area contributed by atoms with E-state index in [4.69, 9.17) is 0 Å². The van der Waals surface area contributed by atoms with Gasteiger partial charge < -0.3 is 10.2 Å². The number of rotatable bonds is 2. The Hall–Kier alpha value is -2.70. The SMILES string of the molecule is O=C1NC[C@@H]2[C@H]1CCCN2C(=O)c1cn[nH]c1-c1ccc(F)cc1. The molecule has 3 heterocycles. The summed E-state index contributed by atoms with van der Waals surface area (Å²) in [5, 5.41) is 9.66. The van der Waals surface area contributed by atoms with Gasteiger partial charge >= 0.3 is 0 Å². The number of halogens is 1. The van der Waals surface area contributed by atoms with Gasteiger partial charge in [-0.25, -0.2) is 4.39 Å². The lowest BCUT2D eigenvalue weighted by Crippen LogP contribution is -2.48. The number of carbonyl (C=O) groups is 2. The molecule has 24 heavy (non-hydrogen) atoms. The summed E-state index contributed by atoms with van der Waals surface area (Å²) < 4.78 is 13.1. The summed E-state index contributed by atoms with van der Waals surface area (Å²) >= 11 is 0. The number of piperidine rings is 1. The van der Waals surface area contributed by atoms with E-state index < -0.39 is 0 Å². The fourth-order valence-corrected chi connectivity index (χ4v) is 3.64. The van der Waals surface area contributed by atoms with E-state index in [1.54, 1.807) is 17.0 Å². The summed E-state index contributed by atoms with van der Waals surface area (Å²) in [6.45, 7) is 1.13. The molecule has 2 atom stereocenters. The molecular formula is C17H17FN4O2. The van der Waals surface area contributed by atoms with Crippen molar-refractivity contribution in [2.75, 3.05) is 13.1 Å². The highest BCUT2D eigenvalue weighted by atomic mass is 19.1. The first-order chi connectivity index (χ1) is 11.6. The Bertz CT molecular complexity index is 786. The van der Waals surface area contributed by atoms with Gasteiger partial charge in [-0.2, -0.15) is 5.10 Å². The summed E-state index contributed by atoms with van der Waals surface area (Å²) in [7, 11) is 0. The van der Waals surface area contributed by atoms with Crippen LogP contribution in [0.4, 0.5) is 4.39 Å². The number of fused-ring (bicyclic) bond motifs is 1. The zero-order valence-electron chi connectivity index (χ0n) is 13.0. The van der Waals surface area contributed by atoms with Crippen LogP contribution in [0.5, 0.6) is 0 Å². The van der Waals surface area contributed by atoms with Crippen LogP contribution in [0.25, 0.3) is 11.3 Å². The maximum Gasteiger partial charge on any atom is 0.258 e. The highest BCUT2D eigenvalue weighted by molar-refractivity contribution is 6.00. The zero-order chi connectivity index (χ0) is 16.7. The van der Waals surface area contributed by atoms with Gasteiger partial charge in [0.15, 0.2) is 0 Å². The summed E-state index contributed by atoms with van der Waals surface area (Å²) in [5.74, 6) is -0.567. The maximum atomic E-state index is 13.1. The lowest BCUT2D eigenvalue weighted by atomic mass is 9.91. The van der Waals surface area contributed by atoms with Gasteiger partial charge in [0.05, 0.1) is 29.4 Å². The van der Waals surface area contributed by atoms with Crippen molar-refractivity contribution in [3.05, 3.63) is 41.8 Å². The smallest absolute Gasteiger partial charge is 0.258 e. The Labute approximate surface area is 138 Å². The Morgan fingerprint density at radius 2 is 2.08 bits per heavy atom. The topological polar surface area (TPSA) is 78.1 Å². The summed E-state index contributed by atoms with van der Waals surface area (Å²) in [6.07, 6.45) is 3.12. The summed E-state index contributed by atoms with van der Waals surface area (Å²) in [5.41, 5.74) is 1.72. The number of likely N-dealkylation sites (tertiary alicyclic amines) is 1. The number of benzene rings is 1. The van der Waals surface area contributed by atoms with Crippen LogP contribution in [-0.4, -0.2) is 46.0 Å². The molecule has 1 aromatic heterocycles. The van der Waals surface area contributed by atoms with E-state index in [0.29, 0.717) is 29.9 Å². The van der Waals surface area contributed by atoms with E-state index >= 15 is 0 Å². The lowest BCUT2D eigenvalue weighted by Gasteiger charge is -2.35. The molecule has 1 aromatic carbocycles. The maximum absolute atomic E-state index is 13.1. The van der Waals surface area contributed by atoms with Crippen LogP contribution in [-0.2, 0) is 4.79 Å². The molecule has 7 heteroatoms. The Kier molecular flexibility index (Phi) is 3.55. The first-order valence-corrected chi connectivity index (χ1v) is 8.03. The van der Waals surface area contributed by atoms with Gasteiger partial charge in [-0.15, -0.1) is 0 Å². The van der Waals surface area contributed by atoms with Gasteiger partial charge in [0.1, 0.15) is 5.82 Å². The van der Waals surface area contributed by atoms with Gasteiger partial charge in [0.2, 0.25) is 5.91 Å². The molecule has 0 spiro atoms. The molecule has 0 bridgehead atoms. The van der Waals surface area contributed by atoms with Crippen LogP contribution in [0.3, 0.4) is 0 Å². The van der Waals surface area contributed by atoms with Gasteiger partial charge in [0.25, 0.3) is 5.91 Å². The van der Waals surface area contributed by atoms with Crippen LogP contribution < -0.4 is 5.32 Å². The molecule has 4 rings (SSSR count). The second kappa shape index (κ2) is 5.74. The minimum absolute atomic E-state index is 0.0310. The summed E-state index contributed by atoms with van der Waals surface area (Å²) in [6, 6.07) is 5.81. The van der Waals surface area contributed by atoms with Crippen LogP contribution in [0.1, 0.15) is 23.2 Å².